The quantitative estimate of drug-likeness (QED) is 0.434. The first-order valence-corrected chi connectivity index (χ1v) is 8.25. The number of nitriles is 1. The Morgan fingerprint density at radius 2 is 1.80 bits per heavy atom. The molecule has 0 aliphatic rings. The van der Waals surface area contributed by atoms with Crippen LogP contribution >= 0.6 is 31.9 Å². The predicted octanol–water partition coefficient (Wildman–Crippen LogP) is 2.68. The molecule has 1 amide bonds. The Hall–Kier alpha value is -1.32. The van der Waals surface area contributed by atoms with Crippen molar-refractivity contribution >= 4 is 49.5 Å². The third-order valence-corrected chi connectivity index (χ3v) is 3.37. The van der Waals surface area contributed by atoms with Gasteiger partial charge in [0.05, 0.1) is 0 Å². The largest absolute Gasteiger partial charge is 0.370 e. The molecule has 1 aromatic rings. The van der Waals surface area contributed by atoms with E-state index in [9.17, 15) is 4.79 Å². The molecule has 0 saturated carbocycles. The molecule has 0 radical (unpaired) electrons. The molecule has 4 nitrogen and oxygen atoms in total. The van der Waals surface area contributed by atoms with Crippen molar-refractivity contribution in [1.29, 1.82) is 5.26 Å². The van der Waals surface area contributed by atoms with E-state index in [-0.39, 0.29) is 5.57 Å². The Labute approximate surface area is 135 Å². The van der Waals surface area contributed by atoms with Gasteiger partial charge >= 0.3 is 0 Å². The molecule has 0 unspecified atom stereocenters. The number of amides is 1. The number of anilines is 1. The fourth-order valence-corrected chi connectivity index (χ4v) is 2.54. The zero-order chi connectivity index (χ0) is 15.0. The summed E-state index contributed by atoms with van der Waals surface area (Å²) in [5.74, 6) is -0.711. The number of hydrogen-bond acceptors (Lipinski definition) is 3. The Morgan fingerprint density at radius 1 is 1.25 bits per heavy atom. The van der Waals surface area contributed by atoms with Gasteiger partial charge in [0.2, 0.25) is 0 Å². The summed E-state index contributed by atoms with van der Waals surface area (Å²) < 4.78 is 0. The van der Waals surface area contributed by atoms with Crippen molar-refractivity contribution < 1.29 is 4.79 Å². The van der Waals surface area contributed by atoms with Gasteiger partial charge < -0.3 is 10.6 Å². The number of benzene rings is 1. The van der Waals surface area contributed by atoms with Gasteiger partial charge in [-0.25, -0.2) is 0 Å². The van der Waals surface area contributed by atoms with E-state index in [1.807, 2.05) is 24.3 Å². The zero-order valence-electron chi connectivity index (χ0n) is 10.9. The average molecular weight is 401 g/mol. The minimum absolute atomic E-state index is 0.0458. The van der Waals surface area contributed by atoms with Crippen LogP contribution < -0.4 is 10.6 Å². The molecule has 0 aliphatic heterocycles. The van der Waals surface area contributed by atoms with Crippen molar-refractivity contribution in [3.63, 3.8) is 0 Å². The smallest absolute Gasteiger partial charge is 0.259 e. The molecule has 0 aliphatic carbocycles. The number of nitrogens with two attached hydrogens (primary N) is 1. The minimum atomic E-state index is -0.711. The van der Waals surface area contributed by atoms with Gasteiger partial charge in [-0.05, 0) is 23.8 Å². The van der Waals surface area contributed by atoms with Gasteiger partial charge in [0.1, 0.15) is 11.6 Å². The summed E-state index contributed by atoms with van der Waals surface area (Å²) in [7, 11) is 0. The molecular formula is C14H15Br2N3O. The fraction of sp³-hybridized carbons (Fsp3) is 0.286. The third kappa shape index (κ3) is 4.99. The summed E-state index contributed by atoms with van der Waals surface area (Å²) in [6.45, 7) is 1.82. The number of hydrogen-bond donors (Lipinski definition) is 1. The second kappa shape index (κ2) is 8.77. The van der Waals surface area contributed by atoms with E-state index in [1.165, 1.54) is 6.08 Å². The number of carbonyl (C=O) groups is 1. The molecule has 2 N–H and O–H groups in total. The highest BCUT2D eigenvalue weighted by Gasteiger charge is 2.06. The molecule has 0 spiro atoms. The predicted molar refractivity (Wildman–Crippen MR) is 89.0 cm³/mol. The summed E-state index contributed by atoms with van der Waals surface area (Å²) in [6.07, 6.45) is 1.49. The molecule has 106 valence electrons. The summed E-state index contributed by atoms with van der Waals surface area (Å²) in [5, 5.41) is 10.6. The standard InChI is InChI=1S/C14H15Br2N3O/c15-5-7-19(8-6-16)13-3-1-11(2-4-13)9-12(10-17)14(18)20/h1-4,9H,5-8H2,(H2,18,20). The van der Waals surface area contributed by atoms with Crippen molar-refractivity contribution in [2.45, 2.75) is 0 Å². The lowest BCUT2D eigenvalue weighted by atomic mass is 10.1. The molecule has 20 heavy (non-hydrogen) atoms. The first-order chi connectivity index (χ1) is 9.62. The molecule has 0 aromatic heterocycles. The van der Waals surface area contributed by atoms with Crippen molar-refractivity contribution in [3.05, 3.63) is 35.4 Å². The van der Waals surface area contributed by atoms with E-state index in [0.717, 1.165) is 35.0 Å². The van der Waals surface area contributed by atoms with Crippen LogP contribution in [0.3, 0.4) is 0 Å². The first kappa shape index (κ1) is 16.7. The monoisotopic (exact) mass is 399 g/mol. The van der Waals surface area contributed by atoms with Crippen LogP contribution in [0.15, 0.2) is 29.8 Å². The molecule has 1 rings (SSSR count). The van der Waals surface area contributed by atoms with Crippen molar-refractivity contribution in [1.82, 2.24) is 0 Å². The fourth-order valence-electron chi connectivity index (χ4n) is 1.68. The van der Waals surface area contributed by atoms with Gasteiger partial charge in [-0.2, -0.15) is 5.26 Å². The molecule has 0 fully saturated rings. The molecule has 0 heterocycles. The Bertz CT molecular complexity index is 514. The molecule has 0 saturated heterocycles. The van der Waals surface area contributed by atoms with Crippen LogP contribution in [0.25, 0.3) is 6.08 Å². The lowest BCUT2D eigenvalue weighted by molar-refractivity contribution is -0.114. The number of primary amides is 1. The van der Waals surface area contributed by atoms with E-state index in [1.54, 1.807) is 6.07 Å². The Balaban J connectivity index is 2.93. The highest BCUT2D eigenvalue weighted by molar-refractivity contribution is 9.09. The maximum absolute atomic E-state index is 11.0. The molecule has 0 atom stereocenters. The lowest BCUT2D eigenvalue weighted by Gasteiger charge is -2.23. The van der Waals surface area contributed by atoms with E-state index in [4.69, 9.17) is 11.0 Å². The van der Waals surface area contributed by atoms with E-state index in [0.29, 0.717) is 0 Å². The topological polar surface area (TPSA) is 70.1 Å². The Morgan fingerprint density at radius 3 is 2.20 bits per heavy atom. The second-order valence-electron chi connectivity index (χ2n) is 3.99. The van der Waals surface area contributed by atoms with Crippen LogP contribution in [-0.4, -0.2) is 29.7 Å². The zero-order valence-corrected chi connectivity index (χ0v) is 14.0. The molecular weight excluding hydrogens is 386 g/mol. The number of alkyl halides is 2. The van der Waals surface area contributed by atoms with E-state index in [2.05, 4.69) is 36.8 Å². The molecule has 1 aromatic carbocycles. The van der Waals surface area contributed by atoms with Gasteiger partial charge in [-0.1, -0.05) is 44.0 Å². The second-order valence-corrected chi connectivity index (χ2v) is 5.58. The van der Waals surface area contributed by atoms with Gasteiger partial charge in [-0.15, -0.1) is 0 Å². The normalized spacial score (nSPS) is 10.9. The van der Waals surface area contributed by atoms with Crippen LogP contribution in [-0.2, 0) is 4.79 Å². The summed E-state index contributed by atoms with van der Waals surface area (Å²) in [6, 6.07) is 9.45. The van der Waals surface area contributed by atoms with Gasteiger partial charge in [-0.3, -0.25) is 4.79 Å². The number of carbonyl (C=O) groups excluding carboxylic acids is 1. The molecule has 0 bridgehead atoms. The summed E-state index contributed by atoms with van der Waals surface area (Å²) >= 11 is 6.87. The average Bonchev–Trinajstić information content (AvgIpc) is 2.45. The van der Waals surface area contributed by atoms with Crippen LogP contribution in [0.2, 0.25) is 0 Å². The number of nitrogens with zero attached hydrogens (tertiary/aromatic N) is 2. The molecule has 6 heteroatoms. The lowest BCUT2D eigenvalue weighted by Crippen LogP contribution is -2.27. The van der Waals surface area contributed by atoms with Crippen LogP contribution in [0.5, 0.6) is 0 Å². The SMILES string of the molecule is N#CC(=Cc1ccc(N(CCBr)CCBr)cc1)C(N)=O. The number of rotatable bonds is 7. The van der Waals surface area contributed by atoms with Gasteiger partial charge in [0.25, 0.3) is 5.91 Å². The third-order valence-electron chi connectivity index (χ3n) is 2.66. The highest BCUT2D eigenvalue weighted by atomic mass is 79.9. The van der Waals surface area contributed by atoms with E-state index < -0.39 is 5.91 Å². The maximum atomic E-state index is 11.0. The van der Waals surface area contributed by atoms with Crippen LogP contribution in [0.1, 0.15) is 5.56 Å². The van der Waals surface area contributed by atoms with Crippen molar-refractivity contribution in [2.24, 2.45) is 5.73 Å². The highest BCUT2D eigenvalue weighted by Crippen LogP contribution is 2.17. The summed E-state index contributed by atoms with van der Waals surface area (Å²) in [5.41, 5.74) is 6.93. The van der Waals surface area contributed by atoms with Crippen molar-refractivity contribution in [3.8, 4) is 6.07 Å². The van der Waals surface area contributed by atoms with E-state index >= 15 is 0 Å². The van der Waals surface area contributed by atoms with Crippen LogP contribution in [0, 0.1) is 11.3 Å². The van der Waals surface area contributed by atoms with Crippen LogP contribution in [0.4, 0.5) is 5.69 Å². The number of halogens is 2. The van der Waals surface area contributed by atoms with Gasteiger partial charge in [0, 0.05) is 29.4 Å². The van der Waals surface area contributed by atoms with Gasteiger partial charge in [0.15, 0.2) is 0 Å². The minimum Gasteiger partial charge on any atom is -0.370 e. The van der Waals surface area contributed by atoms with Crippen molar-refractivity contribution in [2.75, 3.05) is 28.6 Å². The first-order valence-electron chi connectivity index (χ1n) is 6.01. The Kier molecular flexibility index (Phi) is 7.34. The summed E-state index contributed by atoms with van der Waals surface area (Å²) in [4.78, 5) is 13.2. The maximum Gasteiger partial charge on any atom is 0.259 e.